The van der Waals surface area contributed by atoms with Gasteiger partial charge in [0.1, 0.15) is 5.75 Å². The second kappa shape index (κ2) is 4.74. The van der Waals surface area contributed by atoms with Crippen LogP contribution >= 0.6 is 0 Å². The second-order valence-corrected chi connectivity index (χ2v) is 7.76. The lowest BCUT2D eigenvalue weighted by molar-refractivity contribution is -0.0470. The zero-order valence-electron chi connectivity index (χ0n) is 13.3. The van der Waals surface area contributed by atoms with E-state index < -0.39 is 0 Å². The number of likely N-dealkylation sites (tertiary alicyclic amines) is 1. The highest BCUT2D eigenvalue weighted by Crippen LogP contribution is 2.55. The van der Waals surface area contributed by atoms with Gasteiger partial charge in [-0.05, 0) is 100 Å². The maximum Gasteiger partial charge on any atom is 0.115 e. The van der Waals surface area contributed by atoms with Crippen molar-refractivity contribution >= 4 is 0 Å². The van der Waals surface area contributed by atoms with Gasteiger partial charge >= 0.3 is 0 Å². The van der Waals surface area contributed by atoms with Crippen molar-refractivity contribution < 1.29 is 5.11 Å². The predicted molar refractivity (Wildman–Crippen MR) is 85.7 cm³/mol. The van der Waals surface area contributed by atoms with Gasteiger partial charge in [0.25, 0.3) is 0 Å². The third-order valence-corrected chi connectivity index (χ3v) is 6.95. The summed E-state index contributed by atoms with van der Waals surface area (Å²) in [6.07, 6.45) is 7.89. The van der Waals surface area contributed by atoms with E-state index in [1.807, 2.05) is 12.1 Å². The Labute approximate surface area is 128 Å². The third-order valence-electron chi connectivity index (χ3n) is 6.95. The molecule has 3 aliphatic rings. The molecule has 1 saturated heterocycles. The Kier molecular flexibility index (Phi) is 3.08. The molecule has 2 aliphatic carbocycles. The van der Waals surface area contributed by atoms with Gasteiger partial charge in [-0.2, -0.15) is 0 Å². The molecule has 4 rings (SSSR count). The molecule has 1 N–H and O–H groups in total. The Morgan fingerprint density at radius 3 is 2.95 bits per heavy atom. The number of benzene rings is 1. The van der Waals surface area contributed by atoms with Gasteiger partial charge < -0.3 is 10.0 Å². The van der Waals surface area contributed by atoms with E-state index in [0.29, 0.717) is 11.3 Å². The van der Waals surface area contributed by atoms with Crippen LogP contribution in [0.5, 0.6) is 5.75 Å². The number of piperidine rings is 1. The maximum absolute atomic E-state index is 9.74. The van der Waals surface area contributed by atoms with Crippen LogP contribution in [-0.2, 0) is 6.42 Å². The van der Waals surface area contributed by atoms with Crippen molar-refractivity contribution in [2.24, 2.45) is 11.8 Å². The van der Waals surface area contributed by atoms with E-state index in [0.717, 1.165) is 24.2 Å². The summed E-state index contributed by atoms with van der Waals surface area (Å²) < 4.78 is 0. The largest absolute Gasteiger partial charge is 0.508 e. The van der Waals surface area contributed by atoms with Crippen molar-refractivity contribution in [3.8, 4) is 5.75 Å². The standard InChI is InChI=1S/C19H27NO/c1-19-10-9-16-15-8-6-14(21)12-13(15)5-7-17(16)18(19)4-3-11-20(19)2/h6,8,12,16-18,21H,3-5,7,9-11H2,1-2H3/t16-,17-,18+,19+/m1/s1. The van der Waals surface area contributed by atoms with Crippen LogP contribution in [0, 0.1) is 11.8 Å². The van der Waals surface area contributed by atoms with Gasteiger partial charge in [-0.25, -0.2) is 0 Å². The molecule has 0 bridgehead atoms. The Morgan fingerprint density at radius 1 is 1.24 bits per heavy atom. The van der Waals surface area contributed by atoms with Crippen LogP contribution in [0.15, 0.2) is 18.2 Å². The van der Waals surface area contributed by atoms with E-state index in [4.69, 9.17) is 0 Å². The SMILES string of the molecule is CN1CCC[C@H]2[C@@H]3CCc4cc(O)ccc4[C@H]3CC[C@@]21C. The fourth-order valence-electron chi connectivity index (χ4n) is 5.67. The Morgan fingerprint density at radius 2 is 2.10 bits per heavy atom. The monoisotopic (exact) mass is 285 g/mol. The highest BCUT2D eigenvalue weighted by atomic mass is 16.3. The minimum absolute atomic E-state index is 0.424. The van der Waals surface area contributed by atoms with Crippen molar-refractivity contribution in [2.45, 2.75) is 56.9 Å². The van der Waals surface area contributed by atoms with Gasteiger partial charge in [0, 0.05) is 5.54 Å². The molecular formula is C19H27NO. The normalized spacial score (nSPS) is 39.2. The zero-order chi connectivity index (χ0) is 14.6. The lowest BCUT2D eigenvalue weighted by Crippen LogP contribution is -2.59. The van der Waals surface area contributed by atoms with Crippen LogP contribution in [0.3, 0.4) is 0 Å². The lowest BCUT2D eigenvalue weighted by atomic mass is 9.55. The van der Waals surface area contributed by atoms with E-state index in [1.165, 1.54) is 44.2 Å². The quantitative estimate of drug-likeness (QED) is 0.780. The predicted octanol–water partition coefficient (Wildman–Crippen LogP) is 3.93. The molecule has 21 heavy (non-hydrogen) atoms. The molecule has 1 aromatic rings. The van der Waals surface area contributed by atoms with Crippen molar-refractivity contribution in [3.05, 3.63) is 29.3 Å². The molecule has 0 unspecified atom stereocenters. The first kappa shape index (κ1) is 13.6. The summed E-state index contributed by atoms with van der Waals surface area (Å²) in [5, 5.41) is 9.74. The van der Waals surface area contributed by atoms with Crippen molar-refractivity contribution in [1.82, 2.24) is 4.90 Å². The first-order valence-electron chi connectivity index (χ1n) is 8.62. The Bertz CT molecular complexity index is 554. The summed E-state index contributed by atoms with van der Waals surface area (Å²) in [5.41, 5.74) is 3.37. The fraction of sp³-hybridized carbons (Fsp3) is 0.684. The van der Waals surface area contributed by atoms with Crippen LogP contribution in [-0.4, -0.2) is 29.1 Å². The summed E-state index contributed by atoms with van der Waals surface area (Å²) >= 11 is 0. The average Bonchev–Trinajstić information content (AvgIpc) is 2.48. The van der Waals surface area contributed by atoms with E-state index in [2.05, 4.69) is 24.9 Å². The molecule has 1 aliphatic heterocycles. The number of hydrogen-bond donors (Lipinski definition) is 1. The first-order valence-corrected chi connectivity index (χ1v) is 8.62. The molecule has 2 nitrogen and oxygen atoms in total. The number of hydrogen-bond acceptors (Lipinski definition) is 2. The molecule has 1 saturated carbocycles. The first-order chi connectivity index (χ1) is 10.1. The topological polar surface area (TPSA) is 23.5 Å². The molecule has 2 heteroatoms. The molecule has 114 valence electrons. The summed E-state index contributed by atoms with van der Waals surface area (Å²) in [7, 11) is 2.33. The molecule has 0 amide bonds. The molecule has 1 aromatic carbocycles. The van der Waals surface area contributed by atoms with Gasteiger partial charge in [0.2, 0.25) is 0 Å². The average molecular weight is 285 g/mol. The molecule has 4 atom stereocenters. The summed E-state index contributed by atoms with van der Waals surface area (Å²) in [4.78, 5) is 2.64. The molecule has 2 fully saturated rings. The van der Waals surface area contributed by atoms with Gasteiger partial charge in [0.05, 0.1) is 0 Å². The second-order valence-electron chi connectivity index (χ2n) is 7.76. The fourth-order valence-corrected chi connectivity index (χ4v) is 5.67. The van der Waals surface area contributed by atoms with Crippen LogP contribution in [0.4, 0.5) is 0 Å². The number of phenolic OH excluding ortho intramolecular Hbond substituents is 1. The lowest BCUT2D eigenvalue weighted by Gasteiger charge is -2.58. The number of phenols is 1. The van der Waals surface area contributed by atoms with Crippen LogP contribution < -0.4 is 0 Å². The van der Waals surface area contributed by atoms with Crippen LogP contribution in [0.1, 0.15) is 56.1 Å². The number of fused-ring (bicyclic) bond motifs is 5. The van der Waals surface area contributed by atoms with Crippen molar-refractivity contribution in [3.63, 3.8) is 0 Å². The number of aryl methyl sites for hydroxylation is 1. The van der Waals surface area contributed by atoms with Gasteiger partial charge in [-0.3, -0.25) is 0 Å². The minimum Gasteiger partial charge on any atom is -0.508 e. The van der Waals surface area contributed by atoms with Crippen molar-refractivity contribution in [2.75, 3.05) is 13.6 Å². The van der Waals surface area contributed by atoms with Gasteiger partial charge in [-0.1, -0.05) is 6.07 Å². The molecule has 0 radical (unpaired) electrons. The highest BCUT2D eigenvalue weighted by molar-refractivity contribution is 5.40. The van der Waals surface area contributed by atoms with E-state index in [9.17, 15) is 5.11 Å². The summed E-state index contributed by atoms with van der Waals surface area (Å²) in [6.45, 7) is 3.79. The van der Waals surface area contributed by atoms with E-state index in [1.54, 1.807) is 5.56 Å². The summed E-state index contributed by atoms with van der Waals surface area (Å²) in [6, 6.07) is 6.10. The smallest absolute Gasteiger partial charge is 0.115 e. The molecule has 0 spiro atoms. The Balaban J connectivity index is 1.70. The number of nitrogens with zero attached hydrogens (tertiary/aromatic N) is 1. The third kappa shape index (κ3) is 1.95. The van der Waals surface area contributed by atoms with Gasteiger partial charge in [0.15, 0.2) is 0 Å². The Hall–Kier alpha value is -1.02. The number of rotatable bonds is 0. The number of aromatic hydroxyl groups is 1. The highest BCUT2D eigenvalue weighted by Gasteiger charge is 2.50. The molecule has 1 heterocycles. The summed E-state index contributed by atoms with van der Waals surface area (Å²) in [5.74, 6) is 2.88. The van der Waals surface area contributed by atoms with Crippen molar-refractivity contribution in [1.29, 1.82) is 0 Å². The van der Waals surface area contributed by atoms with E-state index >= 15 is 0 Å². The minimum atomic E-state index is 0.424. The van der Waals surface area contributed by atoms with E-state index in [-0.39, 0.29) is 0 Å². The van der Waals surface area contributed by atoms with Crippen LogP contribution in [0.2, 0.25) is 0 Å². The molecular weight excluding hydrogens is 258 g/mol. The maximum atomic E-state index is 9.74. The molecule has 0 aromatic heterocycles. The van der Waals surface area contributed by atoms with Crippen LogP contribution in [0.25, 0.3) is 0 Å². The van der Waals surface area contributed by atoms with Gasteiger partial charge in [-0.15, -0.1) is 0 Å². The zero-order valence-corrected chi connectivity index (χ0v) is 13.3.